The molecular formula is C9H18ClNO. The van der Waals surface area contributed by atoms with Gasteiger partial charge in [-0.25, -0.2) is 0 Å². The van der Waals surface area contributed by atoms with Crippen LogP contribution in [0.5, 0.6) is 0 Å². The van der Waals surface area contributed by atoms with E-state index < -0.39 is 0 Å². The number of hydrogen-bond acceptors (Lipinski definition) is 2. The number of likely N-dealkylation sites (tertiary alicyclic amines) is 1. The molecule has 3 heteroatoms. The zero-order valence-electron chi connectivity index (χ0n) is 7.51. The number of aliphatic hydroxyl groups is 1. The molecule has 0 spiro atoms. The summed E-state index contributed by atoms with van der Waals surface area (Å²) >= 11 is 5.57. The number of unbranched alkanes of at least 4 members (excludes halogenated alkanes) is 1. The lowest BCUT2D eigenvalue weighted by atomic mass is 10.1. The molecule has 0 saturated carbocycles. The first-order valence-corrected chi connectivity index (χ1v) is 5.36. The quantitative estimate of drug-likeness (QED) is 0.541. The van der Waals surface area contributed by atoms with Crippen LogP contribution in [0.2, 0.25) is 0 Å². The number of piperidine rings is 1. The fraction of sp³-hybridized carbons (Fsp3) is 1.00. The molecule has 1 fully saturated rings. The summed E-state index contributed by atoms with van der Waals surface area (Å²) < 4.78 is 0. The van der Waals surface area contributed by atoms with Gasteiger partial charge < -0.3 is 5.11 Å². The average molecular weight is 192 g/mol. The lowest BCUT2D eigenvalue weighted by molar-refractivity contribution is -0.0240. The molecule has 1 saturated heterocycles. The van der Waals surface area contributed by atoms with Gasteiger partial charge in [0.1, 0.15) is 6.23 Å². The Labute approximate surface area is 79.5 Å². The molecule has 1 aliphatic rings. The number of halogens is 1. The van der Waals surface area contributed by atoms with Gasteiger partial charge in [0.25, 0.3) is 0 Å². The third kappa shape index (κ3) is 3.30. The molecule has 1 heterocycles. The van der Waals surface area contributed by atoms with Gasteiger partial charge in [-0.1, -0.05) is 0 Å². The Morgan fingerprint density at radius 3 is 2.83 bits per heavy atom. The number of rotatable bonds is 4. The minimum Gasteiger partial charge on any atom is -0.378 e. The van der Waals surface area contributed by atoms with Crippen LogP contribution in [-0.2, 0) is 0 Å². The first kappa shape index (κ1) is 10.3. The first-order valence-electron chi connectivity index (χ1n) is 4.82. The minimum absolute atomic E-state index is 0.186. The van der Waals surface area contributed by atoms with Gasteiger partial charge in [0, 0.05) is 19.0 Å². The van der Waals surface area contributed by atoms with Crippen molar-refractivity contribution in [2.45, 2.75) is 38.3 Å². The van der Waals surface area contributed by atoms with Gasteiger partial charge >= 0.3 is 0 Å². The number of hydrogen-bond donors (Lipinski definition) is 1. The van der Waals surface area contributed by atoms with Crippen LogP contribution >= 0.6 is 11.6 Å². The Balaban J connectivity index is 2.11. The van der Waals surface area contributed by atoms with E-state index in [1.54, 1.807) is 0 Å². The van der Waals surface area contributed by atoms with Crippen molar-refractivity contribution in [3.8, 4) is 0 Å². The molecule has 0 aliphatic carbocycles. The summed E-state index contributed by atoms with van der Waals surface area (Å²) in [5.74, 6) is 0.740. The molecule has 0 amide bonds. The van der Waals surface area contributed by atoms with Crippen molar-refractivity contribution < 1.29 is 5.11 Å². The van der Waals surface area contributed by atoms with Gasteiger partial charge in [0.2, 0.25) is 0 Å². The first-order chi connectivity index (χ1) is 5.84. The summed E-state index contributed by atoms with van der Waals surface area (Å²) in [6.07, 6.45) is 5.34. The molecule has 12 heavy (non-hydrogen) atoms. The maximum absolute atomic E-state index is 9.56. The largest absolute Gasteiger partial charge is 0.378 e. The molecule has 0 aromatic rings. The highest BCUT2D eigenvalue weighted by Crippen LogP contribution is 2.15. The van der Waals surface area contributed by atoms with Crippen molar-refractivity contribution >= 4 is 11.6 Å². The molecule has 72 valence electrons. The van der Waals surface area contributed by atoms with E-state index in [4.69, 9.17) is 11.6 Å². The monoisotopic (exact) mass is 191 g/mol. The van der Waals surface area contributed by atoms with E-state index >= 15 is 0 Å². The SMILES string of the molecule is O[C@H]1CCCCN1CCCCCl. The molecular weight excluding hydrogens is 174 g/mol. The zero-order valence-corrected chi connectivity index (χ0v) is 8.26. The third-order valence-electron chi connectivity index (χ3n) is 2.41. The maximum Gasteiger partial charge on any atom is 0.107 e. The highest BCUT2D eigenvalue weighted by Gasteiger charge is 2.18. The number of nitrogens with zero attached hydrogens (tertiary/aromatic N) is 1. The molecule has 2 nitrogen and oxygen atoms in total. The van der Waals surface area contributed by atoms with E-state index in [1.165, 1.54) is 12.8 Å². The van der Waals surface area contributed by atoms with Gasteiger partial charge in [0.05, 0.1) is 0 Å². The highest BCUT2D eigenvalue weighted by molar-refractivity contribution is 6.17. The molecule has 0 radical (unpaired) electrons. The Bertz CT molecular complexity index is 121. The second-order valence-corrected chi connectivity index (χ2v) is 3.79. The average Bonchev–Trinajstić information content (AvgIpc) is 2.09. The molecule has 1 aliphatic heterocycles. The topological polar surface area (TPSA) is 23.5 Å². The van der Waals surface area contributed by atoms with Crippen LogP contribution in [0.3, 0.4) is 0 Å². The summed E-state index contributed by atoms with van der Waals surface area (Å²) in [5.41, 5.74) is 0. The third-order valence-corrected chi connectivity index (χ3v) is 2.68. The number of alkyl halides is 1. The Morgan fingerprint density at radius 2 is 2.17 bits per heavy atom. The zero-order chi connectivity index (χ0) is 8.81. The second-order valence-electron chi connectivity index (χ2n) is 3.41. The summed E-state index contributed by atoms with van der Waals surface area (Å²) in [5, 5.41) is 9.56. The van der Waals surface area contributed by atoms with Crippen LogP contribution < -0.4 is 0 Å². The van der Waals surface area contributed by atoms with Crippen LogP contribution in [-0.4, -0.2) is 35.2 Å². The van der Waals surface area contributed by atoms with Crippen molar-refractivity contribution in [3.63, 3.8) is 0 Å². The lowest BCUT2D eigenvalue weighted by Gasteiger charge is -2.31. The molecule has 0 bridgehead atoms. The van der Waals surface area contributed by atoms with E-state index in [-0.39, 0.29) is 6.23 Å². The van der Waals surface area contributed by atoms with Crippen LogP contribution in [0.1, 0.15) is 32.1 Å². The molecule has 0 aromatic carbocycles. The lowest BCUT2D eigenvalue weighted by Crippen LogP contribution is -2.39. The fourth-order valence-electron chi connectivity index (χ4n) is 1.64. The fourth-order valence-corrected chi connectivity index (χ4v) is 1.83. The van der Waals surface area contributed by atoms with Crippen LogP contribution in [0.4, 0.5) is 0 Å². The molecule has 1 N–H and O–H groups in total. The van der Waals surface area contributed by atoms with Crippen molar-refractivity contribution in [2.75, 3.05) is 19.0 Å². The normalized spacial score (nSPS) is 26.0. The highest BCUT2D eigenvalue weighted by atomic mass is 35.5. The van der Waals surface area contributed by atoms with E-state index in [0.717, 1.165) is 38.2 Å². The summed E-state index contributed by atoms with van der Waals surface area (Å²) in [4.78, 5) is 2.16. The summed E-state index contributed by atoms with van der Waals surface area (Å²) in [6, 6.07) is 0. The summed E-state index contributed by atoms with van der Waals surface area (Å²) in [6.45, 7) is 2.07. The molecule has 0 aromatic heterocycles. The Hall–Kier alpha value is 0.210. The van der Waals surface area contributed by atoms with Gasteiger partial charge in [0.15, 0.2) is 0 Å². The Morgan fingerprint density at radius 1 is 1.33 bits per heavy atom. The molecule has 1 rings (SSSR count). The van der Waals surface area contributed by atoms with Gasteiger partial charge in [-0.15, -0.1) is 11.6 Å². The predicted octanol–water partition coefficient (Wildman–Crippen LogP) is 1.81. The van der Waals surface area contributed by atoms with Crippen LogP contribution in [0, 0.1) is 0 Å². The minimum atomic E-state index is -0.186. The molecule has 0 unspecified atom stereocenters. The van der Waals surface area contributed by atoms with E-state index in [9.17, 15) is 5.11 Å². The van der Waals surface area contributed by atoms with Gasteiger partial charge in [-0.2, -0.15) is 0 Å². The van der Waals surface area contributed by atoms with Gasteiger partial charge in [-0.3, -0.25) is 4.90 Å². The smallest absolute Gasteiger partial charge is 0.107 e. The van der Waals surface area contributed by atoms with Crippen molar-refractivity contribution in [3.05, 3.63) is 0 Å². The van der Waals surface area contributed by atoms with Crippen LogP contribution in [0.15, 0.2) is 0 Å². The van der Waals surface area contributed by atoms with Gasteiger partial charge in [-0.05, 0) is 32.1 Å². The predicted molar refractivity (Wildman–Crippen MR) is 51.4 cm³/mol. The van der Waals surface area contributed by atoms with E-state index in [0.29, 0.717) is 0 Å². The van der Waals surface area contributed by atoms with Crippen molar-refractivity contribution in [1.29, 1.82) is 0 Å². The van der Waals surface area contributed by atoms with E-state index in [2.05, 4.69) is 4.90 Å². The maximum atomic E-state index is 9.56. The standard InChI is InChI=1S/C9H18ClNO/c10-6-2-4-8-11-7-3-1-5-9(11)12/h9,12H,1-8H2/t9-/m0/s1. The van der Waals surface area contributed by atoms with Crippen molar-refractivity contribution in [1.82, 2.24) is 4.90 Å². The summed E-state index contributed by atoms with van der Waals surface area (Å²) in [7, 11) is 0. The second kappa shape index (κ2) is 5.79. The van der Waals surface area contributed by atoms with Crippen LogP contribution in [0.25, 0.3) is 0 Å². The van der Waals surface area contributed by atoms with Crippen molar-refractivity contribution in [2.24, 2.45) is 0 Å². The van der Waals surface area contributed by atoms with E-state index in [1.807, 2.05) is 0 Å². The number of aliphatic hydroxyl groups excluding tert-OH is 1. The molecule has 1 atom stereocenters. The Kier molecular flexibility index (Phi) is 4.96.